The summed E-state index contributed by atoms with van der Waals surface area (Å²) in [5.74, 6) is 0.398. The highest BCUT2D eigenvalue weighted by atomic mass is 16.5. The lowest BCUT2D eigenvalue weighted by atomic mass is 9.88. The molecule has 0 bridgehead atoms. The van der Waals surface area contributed by atoms with Crippen molar-refractivity contribution >= 4 is 5.78 Å². The number of ether oxygens (including phenoxy) is 1. The van der Waals surface area contributed by atoms with Gasteiger partial charge in [0.15, 0.2) is 0 Å². The number of carbonyl (C=O) groups excluding carboxylic acids is 1. The maximum absolute atomic E-state index is 11.8. The van der Waals surface area contributed by atoms with E-state index >= 15 is 0 Å². The van der Waals surface area contributed by atoms with Crippen LogP contribution in [0.1, 0.15) is 105 Å². The monoisotopic (exact) mass is 312 g/mol. The van der Waals surface area contributed by atoms with Gasteiger partial charge in [0, 0.05) is 25.0 Å². The normalized spacial score (nSPS) is 11.8. The SMILES string of the molecule is CCCCCCCCOCCCCCCCC(=O)C(C)(C)C. The molecule has 0 saturated heterocycles. The van der Waals surface area contributed by atoms with E-state index in [2.05, 4.69) is 6.92 Å². The van der Waals surface area contributed by atoms with Crippen LogP contribution in [0.3, 0.4) is 0 Å². The minimum atomic E-state index is -0.162. The molecule has 0 aromatic rings. The predicted octanol–water partition coefficient (Wildman–Crippen LogP) is 6.32. The molecule has 0 aliphatic heterocycles. The third-order valence-corrected chi connectivity index (χ3v) is 4.17. The number of carbonyl (C=O) groups is 1. The second kappa shape index (κ2) is 14.2. The zero-order valence-electron chi connectivity index (χ0n) is 15.7. The zero-order chi connectivity index (χ0) is 16.7. The van der Waals surface area contributed by atoms with Crippen LogP contribution in [-0.2, 0) is 9.53 Å². The molecule has 0 spiro atoms. The Morgan fingerprint density at radius 3 is 1.68 bits per heavy atom. The summed E-state index contributed by atoms with van der Waals surface area (Å²) in [5, 5.41) is 0. The average Bonchev–Trinajstić information content (AvgIpc) is 2.46. The number of hydrogen-bond acceptors (Lipinski definition) is 2. The molecule has 0 unspecified atom stereocenters. The van der Waals surface area contributed by atoms with Gasteiger partial charge in [-0.1, -0.05) is 79.1 Å². The van der Waals surface area contributed by atoms with Crippen molar-refractivity contribution in [3.63, 3.8) is 0 Å². The largest absolute Gasteiger partial charge is 0.381 e. The van der Waals surface area contributed by atoms with E-state index in [0.29, 0.717) is 5.78 Å². The van der Waals surface area contributed by atoms with Crippen molar-refractivity contribution < 1.29 is 9.53 Å². The van der Waals surface area contributed by atoms with Crippen LogP contribution in [0.5, 0.6) is 0 Å². The smallest absolute Gasteiger partial charge is 0.138 e. The van der Waals surface area contributed by atoms with E-state index < -0.39 is 0 Å². The van der Waals surface area contributed by atoms with Crippen molar-refractivity contribution in [2.45, 2.75) is 105 Å². The summed E-state index contributed by atoms with van der Waals surface area (Å²) in [6.07, 6.45) is 14.6. The van der Waals surface area contributed by atoms with E-state index in [0.717, 1.165) is 26.1 Å². The van der Waals surface area contributed by atoms with Gasteiger partial charge in [0.1, 0.15) is 5.78 Å². The van der Waals surface area contributed by atoms with Gasteiger partial charge >= 0.3 is 0 Å². The molecule has 2 heteroatoms. The van der Waals surface area contributed by atoms with Crippen molar-refractivity contribution in [2.24, 2.45) is 5.41 Å². The van der Waals surface area contributed by atoms with Crippen molar-refractivity contribution in [2.75, 3.05) is 13.2 Å². The molecule has 2 nitrogen and oxygen atoms in total. The van der Waals surface area contributed by atoms with Gasteiger partial charge in [-0.3, -0.25) is 4.79 Å². The Hall–Kier alpha value is -0.370. The molecule has 0 aliphatic rings. The predicted molar refractivity (Wildman–Crippen MR) is 96.4 cm³/mol. The Balaban J connectivity index is 3.13. The maximum Gasteiger partial charge on any atom is 0.138 e. The maximum atomic E-state index is 11.8. The van der Waals surface area contributed by atoms with Crippen LogP contribution in [0.25, 0.3) is 0 Å². The Morgan fingerprint density at radius 2 is 1.18 bits per heavy atom. The van der Waals surface area contributed by atoms with Gasteiger partial charge in [-0.25, -0.2) is 0 Å². The van der Waals surface area contributed by atoms with E-state index in [1.165, 1.54) is 64.2 Å². The van der Waals surface area contributed by atoms with Gasteiger partial charge in [0.05, 0.1) is 0 Å². The summed E-state index contributed by atoms with van der Waals surface area (Å²) in [6, 6.07) is 0. The number of unbranched alkanes of at least 4 members (excludes halogenated alkanes) is 9. The molecule has 0 aliphatic carbocycles. The van der Waals surface area contributed by atoms with Gasteiger partial charge in [-0.2, -0.15) is 0 Å². The first-order valence-corrected chi connectivity index (χ1v) is 9.59. The summed E-state index contributed by atoms with van der Waals surface area (Å²) in [6.45, 7) is 10.1. The summed E-state index contributed by atoms with van der Waals surface area (Å²) in [7, 11) is 0. The number of rotatable bonds is 15. The first kappa shape index (κ1) is 21.6. The van der Waals surface area contributed by atoms with E-state index in [4.69, 9.17) is 4.74 Å². The highest BCUT2D eigenvalue weighted by Crippen LogP contribution is 2.19. The summed E-state index contributed by atoms with van der Waals surface area (Å²) in [4.78, 5) is 11.8. The topological polar surface area (TPSA) is 26.3 Å². The fourth-order valence-corrected chi connectivity index (χ4v) is 2.48. The second-order valence-corrected chi connectivity index (χ2v) is 7.57. The average molecular weight is 313 g/mol. The standard InChI is InChI=1S/C20H40O2/c1-5-6-7-8-11-14-17-22-18-15-12-9-10-13-16-19(21)20(2,3)4/h5-18H2,1-4H3. The third kappa shape index (κ3) is 14.6. The molecule has 0 saturated carbocycles. The minimum Gasteiger partial charge on any atom is -0.381 e. The molecule has 0 radical (unpaired) electrons. The van der Waals surface area contributed by atoms with E-state index in [1.54, 1.807) is 0 Å². The van der Waals surface area contributed by atoms with Crippen LogP contribution in [0.2, 0.25) is 0 Å². The molecular formula is C20H40O2. The molecule has 0 amide bonds. The van der Waals surface area contributed by atoms with E-state index in [1.807, 2.05) is 20.8 Å². The van der Waals surface area contributed by atoms with Gasteiger partial charge in [-0.05, 0) is 19.3 Å². The summed E-state index contributed by atoms with van der Waals surface area (Å²) in [5.41, 5.74) is -0.162. The first-order chi connectivity index (χ1) is 10.5. The van der Waals surface area contributed by atoms with Crippen molar-refractivity contribution in [3.05, 3.63) is 0 Å². The third-order valence-electron chi connectivity index (χ3n) is 4.17. The van der Waals surface area contributed by atoms with E-state index in [-0.39, 0.29) is 5.41 Å². The van der Waals surface area contributed by atoms with Crippen molar-refractivity contribution in [1.82, 2.24) is 0 Å². The van der Waals surface area contributed by atoms with Gasteiger partial charge in [-0.15, -0.1) is 0 Å². The molecule has 0 aromatic carbocycles. The lowest BCUT2D eigenvalue weighted by molar-refractivity contribution is -0.126. The molecule has 0 rings (SSSR count). The fourth-order valence-electron chi connectivity index (χ4n) is 2.48. The number of hydrogen-bond donors (Lipinski definition) is 0. The Kier molecular flexibility index (Phi) is 14.0. The minimum absolute atomic E-state index is 0.162. The first-order valence-electron chi connectivity index (χ1n) is 9.59. The van der Waals surface area contributed by atoms with Crippen LogP contribution < -0.4 is 0 Å². The van der Waals surface area contributed by atoms with Crippen LogP contribution >= 0.6 is 0 Å². The Bertz CT molecular complexity index is 253. The molecule has 0 heterocycles. The molecule has 0 atom stereocenters. The number of Topliss-reactive ketones (excluding diaryl/α,β-unsaturated/α-hetero) is 1. The van der Waals surface area contributed by atoms with Crippen molar-refractivity contribution in [3.8, 4) is 0 Å². The second-order valence-electron chi connectivity index (χ2n) is 7.57. The Labute approximate surface area is 139 Å². The fraction of sp³-hybridized carbons (Fsp3) is 0.950. The Morgan fingerprint density at radius 1 is 0.727 bits per heavy atom. The molecule has 0 aromatic heterocycles. The molecular weight excluding hydrogens is 272 g/mol. The van der Waals surface area contributed by atoms with E-state index in [9.17, 15) is 4.79 Å². The summed E-state index contributed by atoms with van der Waals surface area (Å²) >= 11 is 0. The van der Waals surface area contributed by atoms with Gasteiger partial charge in [0.25, 0.3) is 0 Å². The highest BCUT2D eigenvalue weighted by molar-refractivity contribution is 5.83. The molecule has 132 valence electrons. The lowest BCUT2D eigenvalue weighted by Crippen LogP contribution is -2.19. The molecule has 0 fully saturated rings. The summed E-state index contributed by atoms with van der Waals surface area (Å²) < 4.78 is 5.68. The van der Waals surface area contributed by atoms with Gasteiger partial charge < -0.3 is 4.74 Å². The van der Waals surface area contributed by atoms with Crippen LogP contribution in [0, 0.1) is 5.41 Å². The lowest BCUT2D eigenvalue weighted by Gasteiger charge is -2.16. The highest BCUT2D eigenvalue weighted by Gasteiger charge is 2.19. The van der Waals surface area contributed by atoms with Crippen molar-refractivity contribution in [1.29, 1.82) is 0 Å². The molecule has 22 heavy (non-hydrogen) atoms. The zero-order valence-corrected chi connectivity index (χ0v) is 15.7. The quantitative estimate of drug-likeness (QED) is 0.331. The van der Waals surface area contributed by atoms with Crippen LogP contribution in [0.15, 0.2) is 0 Å². The van der Waals surface area contributed by atoms with Gasteiger partial charge in [0.2, 0.25) is 0 Å². The number of ketones is 1. The van der Waals surface area contributed by atoms with Crippen LogP contribution in [-0.4, -0.2) is 19.0 Å². The molecule has 0 N–H and O–H groups in total. The van der Waals surface area contributed by atoms with Crippen LogP contribution in [0.4, 0.5) is 0 Å².